The fraction of sp³-hybridized carbons (Fsp3) is 0.717. The van der Waals surface area contributed by atoms with E-state index in [0.29, 0.717) is 18.6 Å². The second kappa shape index (κ2) is 17.8. The maximum absolute atomic E-state index is 14.9. The molecule has 15 heteroatoms. The van der Waals surface area contributed by atoms with Crippen LogP contribution in [0.1, 0.15) is 85.9 Å². The summed E-state index contributed by atoms with van der Waals surface area (Å²) in [5.41, 5.74) is 0.419. The van der Waals surface area contributed by atoms with Crippen LogP contribution in [0.5, 0.6) is 0 Å². The normalized spacial score (nSPS) is 40.6. The highest BCUT2D eigenvalue weighted by Crippen LogP contribution is 2.45. The Labute approximate surface area is 359 Å². The first-order valence-corrected chi connectivity index (χ1v) is 22.1. The predicted octanol–water partition coefficient (Wildman–Crippen LogP) is 5.45. The summed E-state index contributed by atoms with van der Waals surface area (Å²) in [6.45, 7) is 17.0. The third-order valence-electron chi connectivity index (χ3n) is 14.1. The van der Waals surface area contributed by atoms with Gasteiger partial charge in [0.15, 0.2) is 11.9 Å². The lowest BCUT2D eigenvalue weighted by atomic mass is 9.73. The summed E-state index contributed by atoms with van der Waals surface area (Å²) < 4.78 is 40.0. The van der Waals surface area contributed by atoms with Crippen molar-refractivity contribution in [1.29, 1.82) is 0 Å². The van der Waals surface area contributed by atoms with Crippen LogP contribution < -0.4 is 0 Å². The van der Waals surface area contributed by atoms with Crippen LogP contribution in [-0.4, -0.2) is 137 Å². The molecule has 5 aliphatic heterocycles. The molecule has 1 aromatic heterocycles. The summed E-state index contributed by atoms with van der Waals surface area (Å²) >= 11 is 0. The third-order valence-corrected chi connectivity index (χ3v) is 14.1. The Balaban J connectivity index is 1.38. The number of ether oxygens (including phenoxy) is 6. The molecule has 61 heavy (non-hydrogen) atoms. The molecule has 1 amide bonds. The van der Waals surface area contributed by atoms with Crippen LogP contribution in [0.25, 0.3) is 10.9 Å². The lowest BCUT2D eigenvalue weighted by Crippen LogP contribution is -2.61. The minimum atomic E-state index is -1.39. The Hall–Kier alpha value is -3.73. The van der Waals surface area contributed by atoms with Crippen LogP contribution in [0.15, 0.2) is 35.5 Å². The lowest BCUT2D eigenvalue weighted by Gasteiger charge is -2.48. The van der Waals surface area contributed by atoms with E-state index in [1.54, 1.807) is 18.7 Å². The Morgan fingerprint density at radius 2 is 1.79 bits per heavy atom. The maximum Gasteiger partial charge on any atom is 0.411 e. The highest BCUT2D eigenvalue weighted by Gasteiger charge is 2.61. The number of para-hydroxylation sites is 1. The number of rotatable bonds is 7. The average Bonchev–Trinajstić information content (AvgIpc) is 3.49. The third kappa shape index (κ3) is 8.67. The number of hydrogen-bond donors (Lipinski definition) is 1. The van der Waals surface area contributed by atoms with Gasteiger partial charge in [-0.1, -0.05) is 51.0 Å². The van der Waals surface area contributed by atoms with E-state index in [0.717, 1.165) is 22.2 Å². The molecule has 1 N–H and O–H groups in total. The molecule has 0 spiro atoms. The smallest absolute Gasteiger partial charge is 0.411 e. The number of benzene rings is 1. The Kier molecular flexibility index (Phi) is 13.2. The van der Waals surface area contributed by atoms with Gasteiger partial charge < -0.3 is 43.3 Å². The van der Waals surface area contributed by atoms with E-state index in [2.05, 4.69) is 4.98 Å². The van der Waals surface area contributed by atoms with Gasteiger partial charge in [0.25, 0.3) is 0 Å². The van der Waals surface area contributed by atoms with Crippen LogP contribution in [0.4, 0.5) is 4.79 Å². The standard InChI is InChI=1S/C46H66N4O11/c1-12-36-46(9)40-27(5)37(51)24(2)19-45(8)41(60-43-38(52)35(49(10)11)18-26(4)58-43)28(6)39(29(7)42(53)59-36)55-21-31(22-56-45)34(20-50(40)44(54)61-46)48-57-23-30-17-25(3)47-33-16-14-13-15-32(30)33/h13-17,24,26-29,31,35-36,38-41,43,52H,12,18-23H2,1-11H3/b48-34-/t24-,26-,27+,28+,29-,31?,35+,36-,38-,39+,40+,41-,43+,45?,46?/m1/s1. The van der Waals surface area contributed by atoms with Crippen molar-refractivity contribution in [3.05, 3.63) is 41.6 Å². The molecule has 5 saturated heterocycles. The van der Waals surface area contributed by atoms with E-state index in [1.807, 2.05) is 97.8 Å². The quantitative estimate of drug-likeness (QED) is 0.276. The van der Waals surface area contributed by atoms with Gasteiger partial charge in [-0.3, -0.25) is 19.5 Å². The summed E-state index contributed by atoms with van der Waals surface area (Å²) in [5, 5.41) is 17.5. The topological polar surface area (TPSA) is 168 Å². The number of likely N-dealkylation sites (N-methyl/N-ethyl adjacent to an activating group) is 1. The van der Waals surface area contributed by atoms with Gasteiger partial charge in [-0.05, 0) is 80.1 Å². The number of ketones is 1. The van der Waals surface area contributed by atoms with Gasteiger partial charge >= 0.3 is 12.1 Å². The highest BCUT2D eigenvalue weighted by atomic mass is 16.7. The second-order valence-corrected chi connectivity index (χ2v) is 18.9. The molecule has 7 rings (SSSR count). The van der Waals surface area contributed by atoms with Gasteiger partial charge in [0.2, 0.25) is 0 Å². The average molecular weight is 851 g/mol. The number of oxime groups is 1. The van der Waals surface area contributed by atoms with E-state index in [9.17, 15) is 19.5 Å². The molecule has 5 aliphatic rings. The van der Waals surface area contributed by atoms with Crippen molar-refractivity contribution in [3.63, 3.8) is 0 Å². The lowest BCUT2D eigenvalue weighted by molar-refractivity contribution is -0.302. The molecule has 6 heterocycles. The van der Waals surface area contributed by atoms with Gasteiger partial charge in [-0.25, -0.2) is 4.79 Å². The summed E-state index contributed by atoms with van der Waals surface area (Å²) in [7, 11) is 3.83. The Bertz CT molecular complexity index is 1980. The highest BCUT2D eigenvalue weighted by molar-refractivity contribution is 5.92. The first-order valence-electron chi connectivity index (χ1n) is 22.1. The predicted molar refractivity (Wildman–Crippen MR) is 225 cm³/mol. The van der Waals surface area contributed by atoms with Gasteiger partial charge in [0.1, 0.15) is 24.6 Å². The largest absolute Gasteiger partial charge is 0.458 e. The van der Waals surface area contributed by atoms with Gasteiger partial charge in [0, 0.05) is 46.4 Å². The first-order chi connectivity index (χ1) is 28.9. The van der Waals surface area contributed by atoms with Crippen LogP contribution in [-0.2, 0) is 49.5 Å². The van der Waals surface area contributed by atoms with E-state index in [-0.39, 0.29) is 50.7 Å². The fourth-order valence-corrected chi connectivity index (χ4v) is 10.9. The number of carbonyl (C=O) groups is 3. The van der Waals surface area contributed by atoms with Crippen molar-refractivity contribution in [2.24, 2.45) is 34.7 Å². The van der Waals surface area contributed by atoms with Crippen LogP contribution >= 0.6 is 0 Å². The molecular weight excluding hydrogens is 785 g/mol. The van der Waals surface area contributed by atoms with Crippen molar-refractivity contribution in [3.8, 4) is 0 Å². The van der Waals surface area contributed by atoms with E-state index in [4.69, 9.17) is 38.4 Å². The number of cyclic esters (lactones) is 1. The Morgan fingerprint density at radius 3 is 2.51 bits per heavy atom. The first kappa shape index (κ1) is 45.3. The number of aliphatic hydroxyl groups excluding tert-OH is 1. The van der Waals surface area contributed by atoms with Gasteiger partial charge in [0.05, 0.1) is 66.9 Å². The number of pyridine rings is 1. The number of esters is 1. The molecule has 15 nitrogen and oxygen atoms in total. The minimum Gasteiger partial charge on any atom is -0.458 e. The van der Waals surface area contributed by atoms with Crippen molar-refractivity contribution < 1.29 is 52.7 Å². The van der Waals surface area contributed by atoms with Crippen LogP contribution in [0, 0.1) is 36.5 Å². The molecule has 0 radical (unpaired) electrons. The number of Topliss-reactive ketones (excluding diaryl/α,β-unsaturated/α-hetero) is 1. The maximum atomic E-state index is 14.9. The Morgan fingerprint density at radius 1 is 1.05 bits per heavy atom. The molecule has 0 aliphatic carbocycles. The number of fused-ring (bicyclic) bond motifs is 6. The van der Waals surface area contributed by atoms with E-state index < -0.39 is 89.6 Å². The summed E-state index contributed by atoms with van der Waals surface area (Å²) in [5.74, 6) is -3.99. The molecule has 15 atom stereocenters. The minimum absolute atomic E-state index is 0.0395. The number of hydrogen-bond acceptors (Lipinski definition) is 14. The molecule has 2 aromatic rings. The number of carbonyl (C=O) groups excluding carboxylic acids is 3. The molecule has 0 saturated carbocycles. The van der Waals surface area contributed by atoms with Crippen molar-refractivity contribution in [2.75, 3.05) is 33.9 Å². The fourth-order valence-electron chi connectivity index (χ4n) is 10.9. The zero-order chi connectivity index (χ0) is 44.1. The summed E-state index contributed by atoms with van der Waals surface area (Å²) in [4.78, 5) is 58.1. The van der Waals surface area contributed by atoms with Crippen molar-refractivity contribution >= 4 is 34.5 Å². The number of aliphatic hydroxyl groups is 1. The molecular formula is C46H66N4O11. The number of amides is 1. The molecule has 5 fully saturated rings. The summed E-state index contributed by atoms with van der Waals surface area (Å²) in [6.07, 6.45) is -4.35. The molecule has 1 aromatic carbocycles. The monoisotopic (exact) mass is 850 g/mol. The molecule has 3 unspecified atom stereocenters. The number of aryl methyl sites for hydroxylation is 1. The van der Waals surface area contributed by atoms with Crippen molar-refractivity contribution in [1.82, 2.24) is 14.8 Å². The zero-order valence-corrected chi connectivity index (χ0v) is 37.7. The molecule has 6 bridgehead atoms. The van der Waals surface area contributed by atoms with E-state index >= 15 is 0 Å². The summed E-state index contributed by atoms with van der Waals surface area (Å²) in [6, 6.07) is 8.72. The van der Waals surface area contributed by atoms with Crippen LogP contribution in [0.3, 0.4) is 0 Å². The number of nitrogens with zero attached hydrogens (tertiary/aromatic N) is 4. The van der Waals surface area contributed by atoms with Crippen LogP contribution in [0.2, 0.25) is 0 Å². The molecule has 336 valence electrons. The van der Waals surface area contributed by atoms with Gasteiger partial charge in [-0.2, -0.15) is 0 Å². The second-order valence-electron chi connectivity index (χ2n) is 18.9. The van der Waals surface area contributed by atoms with Gasteiger partial charge in [-0.15, -0.1) is 0 Å². The SMILES string of the molecule is CC[C@H]1OC(=O)[C@H](C)[C@H]2OCC3COC(C)(C[C@@H](C)C(=O)[C@H](C)[C@@H]4N(C/C3=N/OCc3cc(C)nc5ccccc35)C(=O)OC41C)[C@H](O[C@@H]1O[C@H](C)C[C@H](N(C)C)[C@H]1O)[C@H]2C. The number of aromatic nitrogens is 1. The van der Waals surface area contributed by atoms with Crippen molar-refractivity contribution in [2.45, 2.75) is 148 Å². The zero-order valence-electron chi connectivity index (χ0n) is 37.7. The van der Waals surface area contributed by atoms with E-state index in [1.165, 1.54) is 0 Å².